The van der Waals surface area contributed by atoms with Crippen molar-refractivity contribution in [2.75, 3.05) is 27.2 Å². The number of rotatable bonds is 11. The van der Waals surface area contributed by atoms with E-state index in [9.17, 15) is 14.7 Å². The van der Waals surface area contributed by atoms with Crippen molar-refractivity contribution in [3.05, 3.63) is 82.5 Å². The largest absolute Gasteiger partial charge is 0.481 e. The molecule has 0 saturated carbocycles. The van der Waals surface area contributed by atoms with Gasteiger partial charge in [-0.15, -0.1) is 0 Å². The Kier molecular flexibility index (Phi) is 9.68. The molecule has 1 unspecified atom stereocenters. The molecule has 2 aliphatic rings. The lowest BCUT2D eigenvalue weighted by atomic mass is 9.80. The molecule has 0 radical (unpaired) electrons. The van der Waals surface area contributed by atoms with E-state index < -0.39 is 11.4 Å². The maximum absolute atomic E-state index is 12.8. The highest BCUT2D eigenvalue weighted by molar-refractivity contribution is 5.94. The van der Waals surface area contributed by atoms with Crippen LogP contribution in [0.4, 0.5) is 0 Å². The quantitative estimate of drug-likeness (QED) is 0.180. The zero-order valence-electron chi connectivity index (χ0n) is 28.4. The first kappa shape index (κ1) is 33.6. The predicted molar refractivity (Wildman–Crippen MR) is 192 cm³/mol. The average Bonchev–Trinajstić information content (AvgIpc) is 3.67. The van der Waals surface area contributed by atoms with Crippen molar-refractivity contribution in [1.82, 2.24) is 30.2 Å². The smallest absolute Gasteiger partial charge is 0.303 e. The van der Waals surface area contributed by atoms with Gasteiger partial charge in [0.15, 0.2) is 0 Å². The number of hydrogen-bond donors (Lipinski definition) is 4. The van der Waals surface area contributed by atoms with Gasteiger partial charge in [0, 0.05) is 82.3 Å². The molecular weight excluding hydrogens is 588 g/mol. The third-order valence-corrected chi connectivity index (χ3v) is 9.51. The fraction of sp³-hybridized carbons (Fsp3) is 0.368. The Hall–Kier alpha value is -4.76. The predicted octanol–water partition coefficient (Wildman–Crippen LogP) is 6.97. The number of aromatic amines is 2. The molecule has 2 aliphatic heterocycles. The van der Waals surface area contributed by atoms with Crippen LogP contribution in [0.1, 0.15) is 84.6 Å². The maximum atomic E-state index is 12.8. The Bertz CT molecular complexity index is 1960. The zero-order valence-corrected chi connectivity index (χ0v) is 28.4. The number of carbonyl (C=O) groups is 2. The third kappa shape index (κ3) is 7.00. The van der Waals surface area contributed by atoms with Crippen molar-refractivity contribution in [2.45, 2.75) is 65.2 Å². The normalized spacial score (nSPS) is 16.1. The molecule has 0 spiro atoms. The molecule has 1 atom stereocenters. The zero-order chi connectivity index (χ0) is 34.0. The standard InChI is InChI=1S/C38H46N6O3/c1-9-26-22(3)29-18-34-27(10-2)23(4)31(43-34)20-35-38(6,14-13-37(46)47)21-25(40-35)17-32-28(11-12-36(45)39-15-16-44(7)8)24(5)30(41-32)19-33(26)42-29/h9-10,17-20,42-43H,1-2,11-16,21H2,3-8H3,(H,39,45)(H,46,47). The molecule has 4 N–H and O–H groups in total. The van der Waals surface area contributed by atoms with Crippen molar-refractivity contribution >= 4 is 57.2 Å². The Morgan fingerprint density at radius 3 is 2.19 bits per heavy atom. The number of hydrogen-bond acceptors (Lipinski definition) is 5. The Balaban J connectivity index is 1.75. The van der Waals surface area contributed by atoms with Crippen LogP contribution in [0.2, 0.25) is 0 Å². The first-order valence-electron chi connectivity index (χ1n) is 16.2. The molecule has 9 nitrogen and oxygen atoms in total. The van der Waals surface area contributed by atoms with Crippen LogP contribution in [-0.4, -0.2) is 69.0 Å². The van der Waals surface area contributed by atoms with Gasteiger partial charge in [0.05, 0.1) is 11.4 Å². The summed E-state index contributed by atoms with van der Waals surface area (Å²) in [5, 5.41) is 12.6. The number of fused-ring (bicyclic) bond motifs is 8. The van der Waals surface area contributed by atoms with Gasteiger partial charge in [0.1, 0.15) is 0 Å². The lowest BCUT2D eigenvalue weighted by molar-refractivity contribution is -0.137. The number of amides is 1. The van der Waals surface area contributed by atoms with Gasteiger partial charge >= 0.3 is 5.97 Å². The number of carbonyl (C=O) groups excluding carboxylic acids is 1. The van der Waals surface area contributed by atoms with Crippen molar-refractivity contribution in [3.63, 3.8) is 0 Å². The van der Waals surface area contributed by atoms with Gasteiger partial charge < -0.3 is 25.3 Å². The van der Waals surface area contributed by atoms with E-state index in [0.717, 1.165) is 84.8 Å². The molecule has 0 fully saturated rings. The minimum Gasteiger partial charge on any atom is -0.481 e. The summed E-state index contributed by atoms with van der Waals surface area (Å²) in [6.45, 7) is 17.8. The van der Waals surface area contributed by atoms with Crippen molar-refractivity contribution in [3.8, 4) is 0 Å². The number of carboxylic acid groups (broad SMARTS) is 1. The summed E-state index contributed by atoms with van der Waals surface area (Å²) in [7, 11) is 3.96. The first-order valence-corrected chi connectivity index (χ1v) is 16.2. The number of nitrogens with one attached hydrogen (secondary N) is 3. The highest BCUT2D eigenvalue weighted by atomic mass is 16.4. The van der Waals surface area contributed by atoms with Crippen LogP contribution in [0.15, 0.2) is 37.4 Å². The van der Waals surface area contributed by atoms with Crippen LogP contribution in [0.25, 0.3) is 45.4 Å². The number of carboxylic acids is 1. The second-order valence-electron chi connectivity index (χ2n) is 13.2. The average molecular weight is 635 g/mol. The van der Waals surface area contributed by atoms with Gasteiger partial charge in [-0.1, -0.05) is 32.2 Å². The lowest BCUT2D eigenvalue weighted by Crippen LogP contribution is -2.31. The van der Waals surface area contributed by atoms with E-state index in [0.29, 0.717) is 32.2 Å². The topological polar surface area (TPSA) is 127 Å². The molecule has 9 heteroatoms. The Labute approximate surface area is 276 Å². The fourth-order valence-corrected chi connectivity index (χ4v) is 6.58. The number of nitrogens with zero attached hydrogens (tertiary/aromatic N) is 3. The summed E-state index contributed by atoms with van der Waals surface area (Å²) in [5.41, 5.74) is 12.6. The maximum Gasteiger partial charge on any atom is 0.303 e. The molecule has 246 valence electrons. The second-order valence-corrected chi connectivity index (χ2v) is 13.2. The molecule has 3 aromatic heterocycles. The monoisotopic (exact) mass is 634 g/mol. The lowest BCUT2D eigenvalue weighted by Gasteiger charge is -2.22. The van der Waals surface area contributed by atoms with Crippen molar-refractivity contribution in [1.29, 1.82) is 0 Å². The first-order chi connectivity index (χ1) is 22.3. The van der Waals surface area contributed by atoms with E-state index in [-0.39, 0.29) is 12.3 Å². The minimum absolute atomic E-state index is 0.000467. The highest BCUT2D eigenvalue weighted by Crippen LogP contribution is 2.39. The number of allylic oxidation sites excluding steroid dienone is 2. The fourth-order valence-electron chi connectivity index (χ4n) is 6.58. The molecule has 5 rings (SSSR count). The van der Waals surface area contributed by atoms with Crippen molar-refractivity contribution < 1.29 is 14.7 Å². The van der Waals surface area contributed by atoms with Crippen LogP contribution in [-0.2, 0) is 21.4 Å². The summed E-state index contributed by atoms with van der Waals surface area (Å²) in [6.07, 6.45) is 5.66. The molecule has 0 aliphatic carbocycles. The van der Waals surface area contributed by atoms with Gasteiger partial charge in [-0.2, -0.15) is 0 Å². The summed E-state index contributed by atoms with van der Waals surface area (Å²) >= 11 is 0. The third-order valence-electron chi connectivity index (χ3n) is 9.51. The molecule has 5 heterocycles. The van der Waals surface area contributed by atoms with Crippen LogP contribution >= 0.6 is 0 Å². The summed E-state index contributed by atoms with van der Waals surface area (Å²) < 4.78 is 0. The van der Waals surface area contributed by atoms with E-state index in [1.54, 1.807) is 0 Å². The van der Waals surface area contributed by atoms with Crippen LogP contribution in [0.5, 0.6) is 0 Å². The molecular formula is C38H46N6O3. The van der Waals surface area contributed by atoms with E-state index in [4.69, 9.17) is 9.97 Å². The number of H-pyrrole nitrogens is 2. The molecule has 0 aromatic carbocycles. The molecule has 3 aromatic rings. The number of aromatic nitrogens is 4. The van der Waals surface area contributed by atoms with Crippen LogP contribution in [0.3, 0.4) is 0 Å². The Morgan fingerprint density at radius 1 is 0.936 bits per heavy atom. The Morgan fingerprint density at radius 2 is 1.57 bits per heavy atom. The number of likely N-dealkylation sites (N-methyl/N-ethyl adjacent to an activating group) is 1. The highest BCUT2D eigenvalue weighted by Gasteiger charge is 2.34. The van der Waals surface area contributed by atoms with Gasteiger partial charge in [-0.25, -0.2) is 4.98 Å². The number of aliphatic carboxylic acids is 1. The molecule has 0 saturated heterocycles. The van der Waals surface area contributed by atoms with Gasteiger partial charge in [-0.05, 0) is 94.2 Å². The van der Waals surface area contributed by atoms with Crippen molar-refractivity contribution in [2.24, 2.45) is 0 Å². The van der Waals surface area contributed by atoms with Gasteiger partial charge in [0.25, 0.3) is 0 Å². The van der Waals surface area contributed by atoms with E-state index in [1.165, 1.54) is 0 Å². The minimum atomic E-state index is -0.831. The molecule has 8 bridgehead atoms. The summed E-state index contributed by atoms with van der Waals surface area (Å²) in [6, 6.07) is 8.22. The van der Waals surface area contributed by atoms with Crippen LogP contribution < -0.4 is 5.32 Å². The van der Waals surface area contributed by atoms with Gasteiger partial charge in [0.2, 0.25) is 5.91 Å². The van der Waals surface area contributed by atoms with E-state index in [2.05, 4.69) is 74.3 Å². The molecule has 1 amide bonds. The van der Waals surface area contributed by atoms with Gasteiger partial charge in [-0.3, -0.25) is 14.6 Å². The van der Waals surface area contributed by atoms with E-state index in [1.807, 2.05) is 37.2 Å². The summed E-state index contributed by atoms with van der Waals surface area (Å²) in [4.78, 5) is 43.9. The molecule has 47 heavy (non-hydrogen) atoms. The SMILES string of the molecule is C=Cc1c(C)c2cc3[nH]c(cc4nc(cc5nc(cc1[nH]2)C(C)=C5CCC(=O)NCCN(C)C)CC4(C)CCC(=O)O)c(C)c3C=C. The van der Waals surface area contributed by atoms with E-state index >= 15 is 0 Å². The second kappa shape index (κ2) is 13.5. The summed E-state index contributed by atoms with van der Waals surface area (Å²) in [5.74, 6) is -0.831. The number of aryl methyl sites for hydroxylation is 2. The van der Waals surface area contributed by atoms with Crippen LogP contribution in [0, 0.1) is 13.8 Å².